The second-order valence-corrected chi connectivity index (χ2v) is 12.6. The number of amides is 1. The van der Waals surface area contributed by atoms with E-state index in [4.69, 9.17) is 14.1 Å². The van der Waals surface area contributed by atoms with Gasteiger partial charge in [-0.3, -0.25) is 0 Å². The highest BCUT2D eigenvalue weighted by Gasteiger charge is 2.50. The molecule has 3 rings (SSSR count). The second-order valence-electron chi connectivity index (χ2n) is 10.7. The van der Waals surface area contributed by atoms with Crippen molar-refractivity contribution in [1.29, 1.82) is 0 Å². The minimum absolute atomic E-state index is 0.104. The van der Waals surface area contributed by atoms with E-state index < -0.39 is 21.7 Å². The summed E-state index contributed by atoms with van der Waals surface area (Å²) in [5, 5.41) is -0.172. The van der Waals surface area contributed by atoms with Crippen LogP contribution < -0.4 is 10.2 Å². The molecule has 2 aliphatic rings. The Morgan fingerprint density at radius 1 is 1.12 bits per heavy atom. The number of carbonyl (C=O) groups excluding carboxylic acids is 1. The first-order valence-electron chi connectivity index (χ1n) is 11.3. The Hall–Kier alpha value is -1.71. The molecule has 0 aliphatic carbocycles. The van der Waals surface area contributed by atoms with Crippen LogP contribution in [0.25, 0.3) is 0 Å². The molecular formula is C22H35B2N2O6S. The predicted octanol–water partition coefficient (Wildman–Crippen LogP) is 2.34. The number of rotatable bonds is 4. The third kappa shape index (κ3) is 5.35. The number of hydrogen-bond acceptors (Lipinski definition) is 6. The average Bonchev–Trinajstić information content (AvgIpc) is 2.93. The molecule has 2 saturated heterocycles. The maximum absolute atomic E-state index is 13.6. The van der Waals surface area contributed by atoms with E-state index in [9.17, 15) is 13.2 Å². The molecule has 181 valence electrons. The lowest BCUT2D eigenvalue weighted by Crippen LogP contribution is -2.51. The lowest BCUT2D eigenvalue weighted by atomic mass is 9.23. The van der Waals surface area contributed by atoms with Crippen LogP contribution in [0.15, 0.2) is 23.1 Å². The van der Waals surface area contributed by atoms with Crippen LogP contribution in [0.1, 0.15) is 48.5 Å². The topological polar surface area (TPSA) is 85.4 Å². The number of piperazine rings is 1. The first-order valence-corrected chi connectivity index (χ1v) is 12.7. The zero-order chi connectivity index (χ0) is 24.8. The van der Waals surface area contributed by atoms with Gasteiger partial charge in [0.15, 0.2) is 0 Å². The highest BCUT2D eigenvalue weighted by Crippen LogP contribution is 2.45. The SMILES string of the molecule is COc1ccc(B2[B]C(C)(C)C(C)(C)O2)cc1S(=O)(=O)N1CCN(C(=O)OC(C)(C)C)CC1. The van der Waals surface area contributed by atoms with E-state index >= 15 is 0 Å². The maximum Gasteiger partial charge on any atom is 0.410 e. The first kappa shape index (κ1) is 25.9. The molecule has 0 atom stereocenters. The predicted molar refractivity (Wildman–Crippen MR) is 130 cm³/mol. The maximum atomic E-state index is 13.6. The quantitative estimate of drug-likeness (QED) is 0.620. The third-order valence-electron chi connectivity index (χ3n) is 6.57. The first-order chi connectivity index (χ1) is 15.1. The van der Waals surface area contributed by atoms with Crippen molar-refractivity contribution in [3.05, 3.63) is 18.2 Å². The Labute approximate surface area is 199 Å². The zero-order valence-electron chi connectivity index (χ0n) is 21.0. The van der Waals surface area contributed by atoms with Crippen LogP contribution in [0.3, 0.4) is 0 Å². The zero-order valence-corrected chi connectivity index (χ0v) is 21.8. The number of hydrogen-bond donors (Lipinski definition) is 0. The molecule has 0 spiro atoms. The van der Waals surface area contributed by atoms with Crippen molar-refractivity contribution in [2.45, 2.75) is 69.9 Å². The van der Waals surface area contributed by atoms with E-state index in [-0.39, 0.29) is 54.5 Å². The summed E-state index contributed by atoms with van der Waals surface area (Å²) >= 11 is 0. The molecule has 0 N–H and O–H groups in total. The Morgan fingerprint density at radius 3 is 2.21 bits per heavy atom. The van der Waals surface area contributed by atoms with Crippen molar-refractivity contribution < 1.29 is 27.3 Å². The molecule has 1 aromatic rings. The van der Waals surface area contributed by atoms with Gasteiger partial charge in [0.25, 0.3) is 6.81 Å². The van der Waals surface area contributed by atoms with Crippen molar-refractivity contribution in [3.8, 4) is 5.75 Å². The van der Waals surface area contributed by atoms with Gasteiger partial charge in [-0.15, -0.1) is 0 Å². The van der Waals surface area contributed by atoms with Crippen LogP contribution in [0, 0.1) is 0 Å². The van der Waals surface area contributed by atoms with Gasteiger partial charge in [-0.1, -0.05) is 25.4 Å². The Morgan fingerprint density at radius 2 is 1.73 bits per heavy atom. The minimum atomic E-state index is -3.84. The van der Waals surface area contributed by atoms with Gasteiger partial charge in [0.05, 0.1) is 7.11 Å². The van der Waals surface area contributed by atoms with Gasteiger partial charge < -0.3 is 19.0 Å². The molecule has 1 aromatic carbocycles. The van der Waals surface area contributed by atoms with E-state index in [1.54, 1.807) is 32.9 Å². The molecule has 1 amide bonds. The number of nitrogens with zero attached hydrogens (tertiary/aromatic N) is 2. The van der Waals surface area contributed by atoms with Crippen molar-refractivity contribution in [1.82, 2.24) is 9.21 Å². The third-order valence-corrected chi connectivity index (χ3v) is 8.49. The van der Waals surface area contributed by atoms with Crippen LogP contribution in [-0.4, -0.2) is 82.2 Å². The normalized spacial score (nSPS) is 21.0. The summed E-state index contributed by atoms with van der Waals surface area (Å²) in [5.41, 5.74) is -0.217. The number of methoxy groups -OCH3 is 1. The van der Waals surface area contributed by atoms with E-state index in [0.717, 1.165) is 5.46 Å². The lowest BCUT2D eigenvalue weighted by Gasteiger charge is -2.35. The minimum Gasteiger partial charge on any atom is -0.495 e. The highest BCUT2D eigenvalue weighted by atomic mass is 32.2. The molecule has 0 unspecified atom stereocenters. The fourth-order valence-electron chi connectivity index (χ4n) is 3.90. The van der Waals surface area contributed by atoms with Gasteiger partial charge in [-0.2, -0.15) is 4.31 Å². The average molecular weight is 477 g/mol. The Balaban J connectivity index is 1.81. The largest absolute Gasteiger partial charge is 0.495 e. The standard InChI is InChI=1S/C22H35B2N2O6S/c1-20(2,3)31-19(27)25-11-13-26(14-12-25)33(28,29)18-15-16(9-10-17(18)30-8)24-23-21(4,5)22(6,7)32-24/h9-10,15H,11-14H2,1-8H3. The number of carbonyl (C=O) groups is 1. The Bertz CT molecular complexity index is 983. The van der Waals surface area contributed by atoms with Gasteiger partial charge in [0, 0.05) is 31.8 Å². The molecule has 1 radical (unpaired) electrons. The smallest absolute Gasteiger partial charge is 0.410 e. The summed E-state index contributed by atoms with van der Waals surface area (Å²) in [4.78, 5) is 14.0. The summed E-state index contributed by atoms with van der Waals surface area (Å²) in [6.45, 7) is 14.3. The van der Waals surface area contributed by atoms with Crippen molar-refractivity contribution >= 4 is 35.6 Å². The highest BCUT2D eigenvalue weighted by molar-refractivity contribution is 7.89. The molecule has 2 aliphatic heterocycles. The second kappa shape index (κ2) is 8.82. The van der Waals surface area contributed by atoms with Crippen LogP contribution in [0.5, 0.6) is 5.75 Å². The number of ether oxygens (including phenoxy) is 2. The number of sulfonamides is 1. The molecule has 2 fully saturated rings. The van der Waals surface area contributed by atoms with E-state index in [0.29, 0.717) is 0 Å². The summed E-state index contributed by atoms with van der Waals surface area (Å²) in [7, 11) is -0.265. The summed E-state index contributed by atoms with van der Waals surface area (Å²) < 4.78 is 45.6. The van der Waals surface area contributed by atoms with E-state index in [1.807, 2.05) is 19.9 Å². The van der Waals surface area contributed by atoms with Gasteiger partial charge >= 0.3 is 6.09 Å². The van der Waals surface area contributed by atoms with E-state index in [2.05, 4.69) is 21.0 Å². The molecule has 8 nitrogen and oxygen atoms in total. The van der Waals surface area contributed by atoms with Gasteiger partial charge in [0.1, 0.15) is 23.4 Å². The van der Waals surface area contributed by atoms with Gasteiger partial charge in [-0.05, 0) is 52.1 Å². The van der Waals surface area contributed by atoms with Crippen LogP contribution in [0.4, 0.5) is 4.79 Å². The molecule has 0 bridgehead atoms. The summed E-state index contributed by atoms with van der Waals surface area (Å²) in [6, 6.07) is 5.17. The molecule has 0 aromatic heterocycles. The fraction of sp³-hybridized carbons (Fsp3) is 0.682. The van der Waals surface area contributed by atoms with Gasteiger partial charge in [-0.25, -0.2) is 13.2 Å². The Kier molecular flexibility index (Phi) is 6.92. The van der Waals surface area contributed by atoms with Gasteiger partial charge in [0.2, 0.25) is 10.0 Å². The van der Waals surface area contributed by atoms with E-state index in [1.165, 1.54) is 16.3 Å². The lowest BCUT2D eigenvalue weighted by molar-refractivity contribution is 0.0192. The molecular weight excluding hydrogens is 442 g/mol. The van der Waals surface area contributed by atoms with Crippen molar-refractivity contribution in [2.24, 2.45) is 0 Å². The van der Waals surface area contributed by atoms with Crippen molar-refractivity contribution in [2.75, 3.05) is 33.3 Å². The molecule has 11 heteroatoms. The fourth-order valence-corrected chi connectivity index (χ4v) is 5.51. The van der Waals surface area contributed by atoms with Crippen molar-refractivity contribution in [3.63, 3.8) is 0 Å². The monoisotopic (exact) mass is 477 g/mol. The van der Waals surface area contributed by atoms with Crippen LogP contribution >= 0.6 is 0 Å². The van der Waals surface area contributed by atoms with Crippen LogP contribution in [-0.2, 0) is 19.4 Å². The summed E-state index contributed by atoms with van der Waals surface area (Å²) in [5.74, 6) is 0.282. The molecule has 2 heterocycles. The van der Waals surface area contributed by atoms with Crippen LogP contribution in [0.2, 0.25) is 5.31 Å². The number of benzene rings is 1. The molecule has 0 saturated carbocycles. The summed E-state index contributed by atoms with van der Waals surface area (Å²) in [6.07, 6.45) is -0.432. The molecule has 33 heavy (non-hydrogen) atoms.